The van der Waals surface area contributed by atoms with Crippen molar-refractivity contribution in [2.45, 2.75) is 13.0 Å². The number of carbonyl (C=O) groups is 1. The Labute approximate surface area is 148 Å². The summed E-state index contributed by atoms with van der Waals surface area (Å²) in [6, 6.07) is 15.4. The van der Waals surface area contributed by atoms with Gasteiger partial charge in [0.1, 0.15) is 5.75 Å². The Morgan fingerprint density at radius 3 is 2.80 bits per heavy atom. The third-order valence-corrected chi connectivity index (χ3v) is 4.20. The molecule has 1 atom stereocenters. The van der Waals surface area contributed by atoms with Crippen molar-refractivity contribution in [3.05, 3.63) is 59.7 Å². The van der Waals surface area contributed by atoms with Gasteiger partial charge >= 0.3 is 0 Å². The fourth-order valence-corrected chi connectivity index (χ4v) is 2.81. The van der Waals surface area contributed by atoms with Crippen molar-refractivity contribution in [1.29, 1.82) is 0 Å². The molecule has 132 valence electrons. The lowest BCUT2D eigenvalue weighted by molar-refractivity contribution is -0.118. The van der Waals surface area contributed by atoms with Crippen LogP contribution >= 0.6 is 0 Å². The van der Waals surface area contributed by atoms with E-state index in [1.807, 2.05) is 55.5 Å². The summed E-state index contributed by atoms with van der Waals surface area (Å²) in [6.07, 6.45) is 0.0909. The second kappa shape index (κ2) is 8.14. The highest BCUT2D eigenvalue weighted by Gasteiger charge is 2.19. The van der Waals surface area contributed by atoms with Crippen molar-refractivity contribution in [3.8, 4) is 5.75 Å². The van der Waals surface area contributed by atoms with Crippen LogP contribution in [0.1, 0.15) is 17.2 Å². The van der Waals surface area contributed by atoms with Crippen LogP contribution in [0.25, 0.3) is 0 Å². The molecule has 1 saturated heterocycles. The second-order valence-corrected chi connectivity index (χ2v) is 6.40. The number of likely N-dealkylation sites (N-methyl/N-ethyl adjacent to an activating group) is 1. The maximum atomic E-state index is 12.0. The first kappa shape index (κ1) is 17.5. The summed E-state index contributed by atoms with van der Waals surface area (Å²) in [7, 11) is 2.10. The SMILES string of the molecule is Cc1cccc(OCC(=O)Nc2ccc(C3CN(C)CCO3)cc2)c1. The third kappa shape index (κ3) is 5.05. The quantitative estimate of drug-likeness (QED) is 0.909. The molecule has 0 saturated carbocycles. The second-order valence-electron chi connectivity index (χ2n) is 6.40. The zero-order valence-corrected chi connectivity index (χ0v) is 14.7. The van der Waals surface area contributed by atoms with Crippen LogP contribution in [0.3, 0.4) is 0 Å². The van der Waals surface area contributed by atoms with Crippen molar-refractivity contribution < 1.29 is 14.3 Å². The Morgan fingerprint density at radius 1 is 1.28 bits per heavy atom. The number of anilines is 1. The van der Waals surface area contributed by atoms with E-state index in [0.29, 0.717) is 5.75 Å². The highest BCUT2D eigenvalue weighted by molar-refractivity contribution is 5.91. The van der Waals surface area contributed by atoms with Crippen LogP contribution < -0.4 is 10.1 Å². The minimum atomic E-state index is -0.178. The molecule has 2 aromatic rings. The lowest BCUT2D eigenvalue weighted by atomic mass is 10.1. The van der Waals surface area contributed by atoms with Crippen LogP contribution in [0, 0.1) is 6.92 Å². The van der Waals surface area contributed by atoms with Crippen molar-refractivity contribution in [2.24, 2.45) is 0 Å². The maximum absolute atomic E-state index is 12.0. The topological polar surface area (TPSA) is 50.8 Å². The summed E-state index contributed by atoms with van der Waals surface area (Å²) in [5.41, 5.74) is 2.98. The predicted molar refractivity (Wildman–Crippen MR) is 97.9 cm³/mol. The molecule has 25 heavy (non-hydrogen) atoms. The Bertz CT molecular complexity index is 715. The van der Waals surface area contributed by atoms with E-state index in [2.05, 4.69) is 17.3 Å². The predicted octanol–water partition coefficient (Wildman–Crippen LogP) is 3.02. The van der Waals surface area contributed by atoms with Gasteiger partial charge in [-0.25, -0.2) is 0 Å². The van der Waals surface area contributed by atoms with E-state index in [1.165, 1.54) is 0 Å². The van der Waals surface area contributed by atoms with Gasteiger partial charge in [-0.05, 0) is 49.4 Å². The van der Waals surface area contributed by atoms with Crippen molar-refractivity contribution >= 4 is 11.6 Å². The fraction of sp³-hybridized carbons (Fsp3) is 0.350. The van der Waals surface area contributed by atoms with E-state index in [-0.39, 0.29) is 18.6 Å². The fourth-order valence-electron chi connectivity index (χ4n) is 2.81. The number of carbonyl (C=O) groups excluding carboxylic acids is 1. The molecule has 1 amide bonds. The van der Waals surface area contributed by atoms with Gasteiger partial charge in [0, 0.05) is 18.8 Å². The zero-order valence-electron chi connectivity index (χ0n) is 14.7. The van der Waals surface area contributed by atoms with Crippen LogP contribution in [0.2, 0.25) is 0 Å². The number of hydrogen-bond donors (Lipinski definition) is 1. The van der Waals surface area contributed by atoms with Crippen molar-refractivity contribution in [2.75, 3.05) is 38.7 Å². The third-order valence-electron chi connectivity index (χ3n) is 4.20. The van der Waals surface area contributed by atoms with E-state index in [9.17, 15) is 4.79 Å². The number of aryl methyl sites for hydroxylation is 1. The smallest absolute Gasteiger partial charge is 0.262 e. The molecular weight excluding hydrogens is 316 g/mol. The molecule has 0 aliphatic carbocycles. The first-order chi connectivity index (χ1) is 12.1. The number of morpholine rings is 1. The number of hydrogen-bond acceptors (Lipinski definition) is 4. The Hall–Kier alpha value is -2.37. The van der Waals surface area contributed by atoms with Gasteiger partial charge in [-0.2, -0.15) is 0 Å². The van der Waals surface area contributed by atoms with Gasteiger partial charge in [-0.3, -0.25) is 4.79 Å². The summed E-state index contributed by atoms with van der Waals surface area (Å²) in [5, 5.41) is 2.85. The molecule has 0 spiro atoms. The minimum absolute atomic E-state index is 0.0122. The highest BCUT2D eigenvalue weighted by atomic mass is 16.5. The number of nitrogens with one attached hydrogen (secondary N) is 1. The minimum Gasteiger partial charge on any atom is -0.484 e. The molecule has 0 radical (unpaired) electrons. The molecule has 5 nitrogen and oxygen atoms in total. The monoisotopic (exact) mass is 340 g/mol. The van der Waals surface area contributed by atoms with E-state index in [1.54, 1.807) is 0 Å². The number of benzene rings is 2. The largest absolute Gasteiger partial charge is 0.484 e. The van der Waals surface area contributed by atoms with Gasteiger partial charge in [0.05, 0.1) is 12.7 Å². The highest BCUT2D eigenvalue weighted by Crippen LogP contribution is 2.23. The van der Waals surface area contributed by atoms with Gasteiger partial charge in [0.2, 0.25) is 0 Å². The molecule has 3 rings (SSSR count). The molecule has 1 unspecified atom stereocenters. The molecule has 1 fully saturated rings. The Balaban J connectivity index is 1.51. The Morgan fingerprint density at radius 2 is 2.08 bits per heavy atom. The molecular formula is C20H24N2O3. The molecule has 1 aliphatic rings. The van der Waals surface area contributed by atoms with Gasteiger partial charge in [0.15, 0.2) is 6.61 Å². The molecule has 1 N–H and O–H groups in total. The summed E-state index contributed by atoms with van der Waals surface area (Å²) in [4.78, 5) is 14.3. The van der Waals surface area contributed by atoms with Gasteiger partial charge < -0.3 is 19.7 Å². The maximum Gasteiger partial charge on any atom is 0.262 e. The molecule has 0 bridgehead atoms. The van der Waals surface area contributed by atoms with Crippen LogP contribution in [-0.4, -0.2) is 44.2 Å². The number of nitrogens with zero attached hydrogens (tertiary/aromatic N) is 1. The van der Waals surface area contributed by atoms with Crippen LogP contribution in [0.4, 0.5) is 5.69 Å². The number of amides is 1. The zero-order chi connectivity index (χ0) is 17.6. The number of rotatable bonds is 5. The van der Waals surface area contributed by atoms with Crippen molar-refractivity contribution in [3.63, 3.8) is 0 Å². The Kier molecular flexibility index (Phi) is 5.68. The van der Waals surface area contributed by atoms with Gasteiger partial charge in [-0.15, -0.1) is 0 Å². The molecule has 0 aromatic heterocycles. The summed E-state index contributed by atoms with van der Waals surface area (Å²) in [6.45, 7) is 4.57. The van der Waals surface area contributed by atoms with E-state index >= 15 is 0 Å². The first-order valence-electron chi connectivity index (χ1n) is 8.49. The van der Waals surface area contributed by atoms with Crippen LogP contribution in [0.5, 0.6) is 5.75 Å². The summed E-state index contributed by atoms with van der Waals surface area (Å²) >= 11 is 0. The standard InChI is InChI=1S/C20H24N2O3/c1-15-4-3-5-18(12-15)25-14-20(23)21-17-8-6-16(7-9-17)19-13-22(2)10-11-24-19/h3-9,12,19H,10-11,13-14H2,1-2H3,(H,21,23). The average molecular weight is 340 g/mol. The van der Waals surface area contributed by atoms with Crippen LogP contribution in [0.15, 0.2) is 48.5 Å². The normalized spacial score (nSPS) is 17.9. The molecule has 2 aromatic carbocycles. The van der Waals surface area contributed by atoms with E-state index in [0.717, 1.165) is 36.5 Å². The average Bonchev–Trinajstić information content (AvgIpc) is 2.61. The van der Waals surface area contributed by atoms with Gasteiger partial charge in [-0.1, -0.05) is 24.3 Å². The lowest BCUT2D eigenvalue weighted by Crippen LogP contribution is -2.35. The molecule has 5 heteroatoms. The van der Waals surface area contributed by atoms with Crippen molar-refractivity contribution in [1.82, 2.24) is 4.90 Å². The van der Waals surface area contributed by atoms with Crippen LogP contribution in [-0.2, 0) is 9.53 Å². The van der Waals surface area contributed by atoms with Gasteiger partial charge in [0.25, 0.3) is 5.91 Å². The molecule has 1 heterocycles. The molecule has 1 aliphatic heterocycles. The van der Waals surface area contributed by atoms with E-state index in [4.69, 9.17) is 9.47 Å². The van der Waals surface area contributed by atoms with E-state index < -0.39 is 0 Å². The first-order valence-corrected chi connectivity index (χ1v) is 8.49. The number of ether oxygens (including phenoxy) is 2. The summed E-state index contributed by atoms with van der Waals surface area (Å²) in [5.74, 6) is 0.520. The lowest BCUT2D eigenvalue weighted by Gasteiger charge is -2.30. The summed E-state index contributed by atoms with van der Waals surface area (Å²) < 4.78 is 11.3.